The third-order valence-corrected chi connectivity index (χ3v) is 6.02. The fraction of sp³-hybridized carbons (Fsp3) is 0.238. The van der Waals surface area contributed by atoms with E-state index in [0.717, 1.165) is 28.3 Å². The van der Waals surface area contributed by atoms with Gasteiger partial charge in [-0.2, -0.15) is 0 Å². The van der Waals surface area contributed by atoms with Crippen LogP contribution in [-0.2, 0) is 29.4 Å². The van der Waals surface area contributed by atoms with Crippen LogP contribution in [0, 0.1) is 0 Å². The Bertz CT molecular complexity index is 979. The molecule has 0 saturated heterocycles. The maximum absolute atomic E-state index is 12.9. The summed E-state index contributed by atoms with van der Waals surface area (Å²) in [4.78, 5) is 0.388. The lowest BCUT2D eigenvalue weighted by molar-refractivity contribution is 0.580. The summed E-state index contributed by atoms with van der Waals surface area (Å²) in [6, 6.07) is 19.4. The largest absolute Gasteiger partial charge is 0.241 e. The minimum absolute atomic E-state index is 0.291. The average molecular weight is 353 g/mol. The second-order valence-corrected chi connectivity index (χ2v) is 7.81. The second-order valence-electron chi connectivity index (χ2n) is 6.07. The van der Waals surface area contributed by atoms with E-state index < -0.39 is 10.0 Å². The summed E-state index contributed by atoms with van der Waals surface area (Å²) in [6.07, 6.45) is 1.56. The van der Waals surface area contributed by atoms with Crippen molar-refractivity contribution in [3.63, 3.8) is 0 Å². The highest BCUT2D eigenvalue weighted by molar-refractivity contribution is 7.89. The van der Waals surface area contributed by atoms with Crippen LogP contribution in [0.2, 0.25) is 0 Å². The summed E-state index contributed by atoms with van der Waals surface area (Å²) < 4.78 is 28.6. The van der Waals surface area contributed by atoms with Crippen molar-refractivity contribution in [2.24, 2.45) is 0 Å². The number of aryl methyl sites for hydroxylation is 2. The number of hydrogen-bond acceptors (Lipinski definition) is 2. The lowest BCUT2D eigenvalue weighted by Crippen LogP contribution is -2.24. The highest BCUT2D eigenvalue weighted by Crippen LogP contribution is 2.29. The van der Waals surface area contributed by atoms with Gasteiger partial charge in [-0.05, 0) is 46.4 Å². The van der Waals surface area contributed by atoms with Crippen LogP contribution < -0.4 is 4.72 Å². The van der Waals surface area contributed by atoms with E-state index in [-0.39, 0.29) is 0 Å². The molecule has 130 valence electrons. The van der Waals surface area contributed by atoms with E-state index in [1.54, 1.807) is 6.07 Å². The molecular formula is C21H23NO2S. The lowest BCUT2D eigenvalue weighted by atomic mass is 9.96. The van der Waals surface area contributed by atoms with Crippen molar-refractivity contribution in [3.8, 4) is 0 Å². The summed E-state index contributed by atoms with van der Waals surface area (Å²) in [7, 11) is -3.57. The zero-order chi connectivity index (χ0) is 17.9. The average Bonchev–Trinajstić information content (AvgIpc) is 2.65. The zero-order valence-electron chi connectivity index (χ0n) is 14.6. The van der Waals surface area contributed by atoms with Crippen LogP contribution in [-0.4, -0.2) is 8.42 Å². The maximum atomic E-state index is 12.9. The van der Waals surface area contributed by atoms with Crippen LogP contribution in [0.25, 0.3) is 10.8 Å². The van der Waals surface area contributed by atoms with Crippen molar-refractivity contribution in [1.29, 1.82) is 0 Å². The Morgan fingerprint density at radius 2 is 1.60 bits per heavy atom. The minimum Gasteiger partial charge on any atom is -0.207 e. The quantitative estimate of drug-likeness (QED) is 0.712. The molecule has 3 aromatic rings. The van der Waals surface area contributed by atoms with Crippen molar-refractivity contribution in [2.45, 2.75) is 38.1 Å². The number of fused-ring (bicyclic) bond motifs is 1. The smallest absolute Gasteiger partial charge is 0.207 e. The fourth-order valence-electron chi connectivity index (χ4n) is 3.27. The van der Waals surface area contributed by atoms with Gasteiger partial charge in [0.15, 0.2) is 0 Å². The molecule has 0 aromatic heterocycles. The van der Waals surface area contributed by atoms with Crippen molar-refractivity contribution >= 4 is 20.8 Å². The highest BCUT2D eigenvalue weighted by Gasteiger charge is 2.20. The molecule has 0 radical (unpaired) electrons. The lowest BCUT2D eigenvalue weighted by Gasteiger charge is -2.15. The van der Waals surface area contributed by atoms with E-state index in [2.05, 4.69) is 17.7 Å². The maximum Gasteiger partial charge on any atom is 0.241 e. The predicted molar refractivity (Wildman–Crippen MR) is 103 cm³/mol. The molecule has 3 nitrogen and oxygen atoms in total. The van der Waals surface area contributed by atoms with Gasteiger partial charge in [0, 0.05) is 6.54 Å². The van der Waals surface area contributed by atoms with Gasteiger partial charge in [-0.15, -0.1) is 0 Å². The summed E-state index contributed by atoms with van der Waals surface area (Å²) in [5.41, 5.74) is 3.03. The minimum atomic E-state index is -3.57. The summed E-state index contributed by atoms with van der Waals surface area (Å²) in [5.74, 6) is 0. The predicted octanol–water partition coefficient (Wildman–Crippen LogP) is 4.44. The van der Waals surface area contributed by atoms with E-state index >= 15 is 0 Å². The monoisotopic (exact) mass is 353 g/mol. The van der Waals surface area contributed by atoms with Crippen LogP contribution >= 0.6 is 0 Å². The molecule has 0 saturated carbocycles. The number of nitrogens with one attached hydrogen (secondary N) is 1. The van der Waals surface area contributed by atoms with Gasteiger partial charge in [0.25, 0.3) is 0 Å². The molecule has 0 bridgehead atoms. The Morgan fingerprint density at radius 3 is 2.28 bits per heavy atom. The Balaban J connectivity index is 2.05. The van der Waals surface area contributed by atoms with Crippen LogP contribution in [0.4, 0.5) is 0 Å². The molecule has 0 amide bonds. The summed E-state index contributed by atoms with van der Waals surface area (Å²) in [5, 5.41) is 2.17. The topological polar surface area (TPSA) is 46.2 Å². The molecule has 4 heteroatoms. The standard InChI is InChI=1S/C21H23NO2S/c1-3-17-11-8-12-18-13-14-20(19(4-2)21(17)18)25(23,24)22-15-16-9-6-5-7-10-16/h5-14,22H,3-4,15H2,1-2H3. The zero-order valence-corrected chi connectivity index (χ0v) is 15.4. The first-order valence-electron chi connectivity index (χ1n) is 8.64. The van der Waals surface area contributed by atoms with E-state index in [0.29, 0.717) is 17.9 Å². The molecule has 1 N–H and O–H groups in total. The van der Waals surface area contributed by atoms with Crippen LogP contribution in [0.5, 0.6) is 0 Å². The Morgan fingerprint density at radius 1 is 0.840 bits per heavy atom. The molecule has 0 aliphatic rings. The molecule has 3 rings (SSSR count). The van der Waals surface area contributed by atoms with Gasteiger partial charge in [-0.3, -0.25) is 0 Å². The first-order chi connectivity index (χ1) is 12.1. The van der Waals surface area contributed by atoms with Crippen molar-refractivity contribution in [2.75, 3.05) is 0 Å². The third kappa shape index (κ3) is 3.60. The molecule has 0 fully saturated rings. The first-order valence-corrected chi connectivity index (χ1v) is 10.1. The van der Waals surface area contributed by atoms with Gasteiger partial charge in [0.1, 0.15) is 0 Å². The Hall–Kier alpha value is -2.17. The van der Waals surface area contributed by atoms with E-state index in [9.17, 15) is 8.42 Å². The number of rotatable bonds is 6. The number of benzene rings is 3. The SMILES string of the molecule is CCc1cccc2ccc(S(=O)(=O)NCc3ccccc3)c(CC)c12. The van der Waals surface area contributed by atoms with Crippen molar-refractivity contribution < 1.29 is 8.42 Å². The van der Waals surface area contributed by atoms with E-state index in [4.69, 9.17) is 0 Å². The summed E-state index contributed by atoms with van der Waals surface area (Å²) in [6.45, 7) is 4.40. The van der Waals surface area contributed by atoms with E-state index in [1.807, 2.05) is 55.5 Å². The number of sulfonamides is 1. The molecular weight excluding hydrogens is 330 g/mol. The number of hydrogen-bond donors (Lipinski definition) is 1. The van der Waals surface area contributed by atoms with Gasteiger partial charge in [0.05, 0.1) is 4.90 Å². The highest BCUT2D eigenvalue weighted by atomic mass is 32.2. The molecule has 0 spiro atoms. The van der Waals surface area contributed by atoms with Gasteiger partial charge in [-0.25, -0.2) is 13.1 Å². The van der Waals surface area contributed by atoms with Crippen LogP contribution in [0.15, 0.2) is 65.6 Å². The molecule has 0 heterocycles. The van der Waals surface area contributed by atoms with Gasteiger partial charge < -0.3 is 0 Å². The van der Waals surface area contributed by atoms with Gasteiger partial charge >= 0.3 is 0 Å². The molecule has 0 unspecified atom stereocenters. The van der Waals surface area contributed by atoms with Crippen molar-refractivity contribution in [1.82, 2.24) is 4.72 Å². The molecule has 25 heavy (non-hydrogen) atoms. The Labute approximate surface area is 149 Å². The third-order valence-electron chi connectivity index (χ3n) is 4.53. The summed E-state index contributed by atoms with van der Waals surface area (Å²) >= 11 is 0. The first kappa shape index (κ1) is 17.6. The van der Waals surface area contributed by atoms with Gasteiger partial charge in [-0.1, -0.05) is 68.4 Å². The molecule has 0 atom stereocenters. The van der Waals surface area contributed by atoms with Crippen LogP contribution in [0.1, 0.15) is 30.5 Å². The van der Waals surface area contributed by atoms with Crippen molar-refractivity contribution in [3.05, 3.63) is 77.4 Å². The fourth-order valence-corrected chi connectivity index (χ4v) is 4.60. The van der Waals surface area contributed by atoms with E-state index in [1.165, 1.54) is 5.56 Å². The molecule has 3 aromatic carbocycles. The Kier molecular flexibility index (Phi) is 5.21. The second kappa shape index (κ2) is 7.38. The van der Waals surface area contributed by atoms with Gasteiger partial charge in [0.2, 0.25) is 10.0 Å². The van der Waals surface area contributed by atoms with Crippen LogP contribution in [0.3, 0.4) is 0 Å². The normalized spacial score (nSPS) is 11.8. The molecule has 0 aliphatic heterocycles. The molecule has 0 aliphatic carbocycles.